The molecule has 4 rings (SSSR count). The summed E-state index contributed by atoms with van der Waals surface area (Å²) >= 11 is 7.23. The SMILES string of the molecule is CCCOC(=O)c1ccc(N2C(=O)C(Sc3ccc(Cl)cc3)=C(N3CCOCC3)C2=O)cc1. The second-order valence-electron chi connectivity index (χ2n) is 7.46. The fourth-order valence-corrected chi connectivity index (χ4v) is 4.66. The number of rotatable bonds is 7. The van der Waals surface area contributed by atoms with Crippen molar-refractivity contribution in [2.45, 2.75) is 18.2 Å². The summed E-state index contributed by atoms with van der Waals surface area (Å²) < 4.78 is 10.6. The van der Waals surface area contributed by atoms with Gasteiger partial charge in [0, 0.05) is 23.0 Å². The van der Waals surface area contributed by atoms with E-state index < -0.39 is 11.9 Å². The van der Waals surface area contributed by atoms with Crippen molar-refractivity contribution in [2.24, 2.45) is 0 Å². The molecule has 0 atom stereocenters. The lowest BCUT2D eigenvalue weighted by atomic mass is 10.2. The number of hydrogen-bond acceptors (Lipinski definition) is 7. The Morgan fingerprint density at radius 1 is 1.03 bits per heavy atom. The number of hydrogen-bond donors (Lipinski definition) is 0. The van der Waals surface area contributed by atoms with Gasteiger partial charge in [-0.1, -0.05) is 30.3 Å². The van der Waals surface area contributed by atoms with Crippen LogP contribution in [-0.2, 0) is 19.1 Å². The van der Waals surface area contributed by atoms with Crippen LogP contribution in [0.15, 0.2) is 64.0 Å². The normalized spacial score (nSPS) is 16.5. The predicted octanol–water partition coefficient (Wildman–Crippen LogP) is 4.12. The van der Waals surface area contributed by atoms with Crippen LogP contribution in [0.4, 0.5) is 5.69 Å². The molecule has 2 aliphatic rings. The van der Waals surface area contributed by atoms with Gasteiger partial charge in [0.25, 0.3) is 11.8 Å². The Balaban J connectivity index is 1.63. The molecule has 0 aliphatic carbocycles. The molecule has 2 amide bonds. The van der Waals surface area contributed by atoms with E-state index in [9.17, 15) is 14.4 Å². The molecule has 1 fully saturated rings. The third-order valence-electron chi connectivity index (χ3n) is 5.18. The highest BCUT2D eigenvalue weighted by atomic mass is 35.5. The second kappa shape index (κ2) is 10.4. The minimum absolute atomic E-state index is 0.335. The summed E-state index contributed by atoms with van der Waals surface area (Å²) in [5.74, 6) is -1.23. The van der Waals surface area contributed by atoms with Crippen LogP contribution in [0.3, 0.4) is 0 Å². The van der Waals surface area contributed by atoms with Crippen LogP contribution in [0.25, 0.3) is 0 Å². The predicted molar refractivity (Wildman–Crippen MR) is 126 cm³/mol. The maximum atomic E-state index is 13.5. The standard InChI is InChI=1S/C24H23ClN2O5S/c1-2-13-32-24(30)16-3-7-18(8-4-16)27-22(28)20(26-11-14-31-15-12-26)21(23(27)29)33-19-9-5-17(25)6-10-19/h3-10H,2,11-15H2,1H3. The lowest BCUT2D eigenvalue weighted by molar-refractivity contribution is -0.121. The highest BCUT2D eigenvalue weighted by Crippen LogP contribution is 2.39. The number of morpholine rings is 1. The van der Waals surface area contributed by atoms with Gasteiger partial charge in [0.05, 0.1) is 31.1 Å². The van der Waals surface area contributed by atoms with Gasteiger partial charge >= 0.3 is 5.97 Å². The lowest BCUT2D eigenvalue weighted by Crippen LogP contribution is -2.40. The summed E-state index contributed by atoms with van der Waals surface area (Å²) in [5, 5.41) is 0.592. The number of imide groups is 1. The van der Waals surface area contributed by atoms with Gasteiger partial charge in [-0.15, -0.1) is 0 Å². The fraction of sp³-hybridized carbons (Fsp3) is 0.292. The molecular weight excluding hydrogens is 464 g/mol. The Hall–Kier alpha value is -2.81. The van der Waals surface area contributed by atoms with E-state index in [1.165, 1.54) is 11.8 Å². The van der Waals surface area contributed by atoms with Crippen molar-refractivity contribution >= 4 is 46.8 Å². The molecule has 0 radical (unpaired) electrons. The van der Waals surface area contributed by atoms with E-state index in [1.54, 1.807) is 36.4 Å². The summed E-state index contributed by atoms with van der Waals surface area (Å²) in [5.41, 5.74) is 1.13. The zero-order chi connectivity index (χ0) is 23.4. The van der Waals surface area contributed by atoms with E-state index in [0.29, 0.717) is 59.8 Å². The molecule has 2 aromatic rings. The van der Waals surface area contributed by atoms with E-state index in [0.717, 1.165) is 16.2 Å². The first kappa shape index (κ1) is 23.4. The number of carbonyl (C=O) groups excluding carboxylic acids is 3. The molecule has 0 aromatic heterocycles. The first-order valence-electron chi connectivity index (χ1n) is 10.7. The summed E-state index contributed by atoms with van der Waals surface area (Å²) in [4.78, 5) is 43.2. The number of nitrogens with zero attached hydrogens (tertiary/aromatic N) is 2. The number of halogens is 1. The molecule has 0 unspecified atom stereocenters. The van der Waals surface area contributed by atoms with E-state index in [1.807, 2.05) is 24.0 Å². The number of esters is 1. The van der Waals surface area contributed by atoms with E-state index >= 15 is 0 Å². The van der Waals surface area contributed by atoms with E-state index in [2.05, 4.69) is 0 Å². The van der Waals surface area contributed by atoms with Crippen molar-refractivity contribution in [1.29, 1.82) is 0 Å². The molecule has 7 nitrogen and oxygen atoms in total. The third kappa shape index (κ3) is 5.08. The van der Waals surface area contributed by atoms with Gasteiger partial charge in [0.2, 0.25) is 0 Å². The summed E-state index contributed by atoms with van der Waals surface area (Å²) in [6, 6.07) is 13.4. The highest BCUT2D eigenvalue weighted by Gasteiger charge is 2.42. The van der Waals surface area contributed by atoms with Crippen LogP contribution < -0.4 is 4.90 Å². The van der Waals surface area contributed by atoms with E-state index in [-0.39, 0.29) is 5.91 Å². The monoisotopic (exact) mass is 486 g/mol. The Bertz CT molecular complexity index is 1080. The first-order chi connectivity index (χ1) is 16.0. The highest BCUT2D eigenvalue weighted by molar-refractivity contribution is 8.04. The number of anilines is 1. The molecule has 1 saturated heterocycles. The van der Waals surface area contributed by atoms with Gasteiger partial charge in [-0.05, 0) is 55.0 Å². The summed E-state index contributed by atoms with van der Waals surface area (Å²) in [6.07, 6.45) is 0.727. The quantitative estimate of drug-likeness (QED) is 0.430. The smallest absolute Gasteiger partial charge is 0.338 e. The van der Waals surface area contributed by atoms with Gasteiger partial charge in [-0.25, -0.2) is 9.69 Å². The topological polar surface area (TPSA) is 76.2 Å². The third-order valence-corrected chi connectivity index (χ3v) is 6.51. The van der Waals surface area contributed by atoms with Gasteiger partial charge in [-0.3, -0.25) is 9.59 Å². The Kier molecular flexibility index (Phi) is 7.37. The van der Waals surface area contributed by atoms with Crippen molar-refractivity contribution in [2.75, 3.05) is 37.8 Å². The van der Waals surface area contributed by atoms with Crippen LogP contribution in [0, 0.1) is 0 Å². The van der Waals surface area contributed by atoms with Crippen molar-refractivity contribution in [3.63, 3.8) is 0 Å². The first-order valence-corrected chi connectivity index (χ1v) is 11.9. The number of thioether (sulfide) groups is 1. The molecule has 172 valence electrons. The molecule has 2 aromatic carbocycles. The summed E-state index contributed by atoms with van der Waals surface area (Å²) in [6.45, 7) is 4.27. The van der Waals surface area contributed by atoms with Gasteiger partial charge < -0.3 is 14.4 Å². The average molecular weight is 487 g/mol. The van der Waals surface area contributed by atoms with Crippen molar-refractivity contribution in [1.82, 2.24) is 4.90 Å². The number of ether oxygens (including phenoxy) is 2. The van der Waals surface area contributed by atoms with Crippen LogP contribution in [0.1, 0.15) is 23.7 Å². The minimum Gasteiger partial charge on any atom is -0.462 e. The summed E-state index contributed by atoms with van der Waals surface area (Å²) in [7, 11) is 0. The molecular formula is C24H23ClN2O5S. The number of amides is 2. The van der Waals surface area contributed by atoms with Gasteiger partial charge in [-0.2, -0.15) is 0 Å². The van der Waals surface area contributed by atoms with Crippen LogP contribution in [0.2, 0.25) is 5.02 Å². The van der Waals surface area contributed by atoms with Crippen molar-refractivity contribution < 1.29 is 23.9 Å². The molecule has 0 bridgehead atoms. The van der Waals surface area contributed by atoms with Crippen molar-refractivity contribution in [3.05, 3.63) is 69.7 Å². The van der Waals surface area contributed by atoms with Crippen LogP contribution in [0.5, 0.6) is 0 Å². The maximum Gasteiger partial charge on any atom is 0.338 e. The maximum absolute atomic E-state index is 13.5. The average Bonchev–Trinajstić information content (AvgIpc) is 3.08. The van der Waals surface area contributed by atoms with E-state index in [4.69, 9.17) is 21.1 Å². The zero-order valence-electron chi connectivity index (χ0n) is 18.1. The zero-order valence-corrected chi connectivity index (χ0v) is 19.7. The molecule has 2 heterocycles. The Morgan fingerprint density at radius 2 is 1.70 bits per heavy atom. The fourth-order valence-electron chi connectivity index (χ4n) is 3.54. The Morgan fingerprint density at radius 3 is 2.33 bits per heavy atom. The molecule has 9 heteroatoms. The minimum atomic E-state index is -0.436. The van der Waals surface area contributed by atoms with Gasteiger partial charge in [0.1, 0.15) is 10.6 Å². The van der Waals surface area contributed by atoms with Crippen molar-refractivity contribution in [3.8, 4) is 0 Å². The number of benzene rings is 2. The largest absolute Gasteiger partial charge is 0.462 e. The van der Waals surface area contributed by atoms with Crippen LogP contribution >= 0.6 is 23.4 Å². The molecule has 0 N–H and O–H groups in total. The second-order valence-corrected chi connectivity index (χ2v) is 8.98. The molecule has 0 spiro atoms. The Labute approximate surface area is 201 Å². The number of carbonyl (C=O) groups is 3. The van der Waals surface area contributed by atoms with Gasteiger partial charge in [0.15, 0.2) is 0 Å². The molecule has 0 saturated carbocycles. The molecule has 2 aliphatic heterocycles. The molecule has 33 heavy (non-hydrogen) atoms. The lowest BCUT2D eigenvalue weighted by Gasteiger charge is -2.29. The van der Waals surface area contributed by atoms with Crippen LogP contribution in [-0.4, -0.2) is 55.6 Å².